The van der Waals surface area contributed by atoms with Gasteiger partial charge in [0.05, 0.1) is 0 Å². The van der Waals surface area contributed by atoms with Crippen molar-refractivity contribution in [1.29, 1.82) is 0 Å². The third-order valence-corrected chi connectivity index (χ3v) is 4.18. The summed E-state index contributed by atoms with van der Waals surface area (Å²) in [5.74, 6) is 0.589. The second-order valence-corrected chi connectivity index (χ2v) is 6.70. The minimum atomic E-state index is -0.816. The number of halogens is 1. The van der Waals surface area contributed by atoms with Crippen molar-refractivity contribution in [3.63, 3.8) is 0 Å². The Morgan fingerprint density at radius 3 is 2.65 bits per heavy atom. The van der Waals surface area contributed by atoms with Crippen molar-refractivity contribution in [3.05, 3.63) is 64.2 Å². The van der Waals surface area contributed by atoms with Gasteiger partial charge in [0.15, 0.2) is 0 Å². The maximum atomic E-state index is 11.2. The van der Waals surface area contributed by atoms with Crippen molar-refractivity contribution in [3.8, 4) is 0 Å². The van der Waals surface area contributed by atoms with Gasteiger partial charge >= 0.3 is 0 Å². The smallest absolute Gasteiger partial charge is 0.0483 e. The van der Waals surface area contributed by atoms with Crippen LogP contribution >= 0.6 is 11.6 Å². The summed E-state index contributed by atoms with van der Waals surface area (Å²) in [6.45, 7) is 2.71. The summed E-state index contributed by atoms with van der Waals surface area (Å²) < 4.78 is 11.2. The van der Waals surface area contributed by atoms with Gasteiger partial charge in [0.2, 0.25) is 0 Å². The van der Waals surface area contributed by atoms with Gasteiger partial charge in [-0.2, -0.15) is 0 Å². The molecule has 0 amide bonds. The van der Waals surface area contributed by atoms with Gasteiger partial charge in [-0.05, 0) is 41.8 Å². The fourth-order valence-corrected chi connectivity index (χ4v) is 2.81. The fraction of sp³-hybridized carbons (Fsp3) is 0.250. The van der Waals surface area contributed by atoms with Crippen molar-refractivity contribution in [2.24, 2.45) is 0 Å². The molecule has 106 valence electrons. The Bertz CT molecular complexity index is 628. The zero-order valence-corrected chi connectivity index (χ0v) is 13.2. The molecule has 1 N–H and O–H groups in total. The highest BCUT2D eigenvalue weighted by Gasteiger charge is 2.00. The lowest BCUT2D eigenvalue weighted by molar-refractivity contribution is 0.686. The number of nitrogens with one attached hydrogen (secondary N) is 1. The average molecular weight is 308 g/mol. The van der Waals surface area contributed by atoms with Crippen molar-refractivity contribution in [2.45, 2.75) is 19.2 Å². The van der Waals surface area contributed by atoms with Crippen molar-refractivity contribution in [1.82, 2.24) is 0 Å². The highest BCUT2D eigenvalue weighted by Crippen LogP contribution is 2.18. The lowest BCUT2D eigenvalue weighted by Gasteiger charge is -2.09. The maximum absolute atomic E-state index is 11.2. The molecule has 0 aliphatic carbocycles. The van der Waals surface area contributed by atoms with Crippen LogP contribution in [-0.4, -0.2) is 10.5 Å². The van der Waals surface area contributed by atoms with Crippen LogP contribution in [0.1, 0.15) is 16.7 Å². The molecular formula is C16H18ClNOS. The van der Waals surface area contributed by atoms with E-state index in [0.717, 1.165) is 33.9 Å². The SMILES string of the molecule is Cc1ccc(CNc2cccc(C[S@](C)=O)c2)cc1Cl. The molecule has 2 rings (SSSR count). The van der Waals surface area contributed by atoms with E-state index >= 15 is 0 Å². The van der Waals surface area contributed by atoms with Gasteiger partial charge in [-0.3, -0.25) is 4.21 Å². The molecule has 0 aliphatic heterocycles. The van der Waals surface area contributed by atoms with Gasteiger partial charge in [0, 0.05) is 40.1 Å². The van der Waals surface area contributed by atoms with Gasteiger partial charge < -0.3 is 5.32 Å². The Balaban J connectivity index is 2.03. The van der Waals surface area contributed by atoms with Gasteiger partial charge in [-0.25, -0.2) is 0 Å². The van der Waals surface area contributed by atoms with Crippen LogP contribution in [0.4, 0.5) is 5.69 Å². The van der Waals surface area contributed by atoms with Crippen molar-refractivity contribution >= 4 is 28.1 Å². The zero-order valence-electron chi connectivity index (χ0n) is 11.7. The Kier molecular flexibility index (Phi) is 5.21. The molecular weight excluding hydrogens is 290 g/mol. The Morgan fingerprint density at radius 2 is 1.95 bits per heavy atom. The largest absolute Gasteiger partial charge is 0.381 e. The third-order valence-electron chi connectivity index (χ3n) is 3.03. The van der Waals surface area contributed by atoms with Gasteiger partial charge in [-0.15, -0.1) is 0 Å². The first-order valence-corrected chi connectivity index (χ1v) is 8.53. The molecule has 0 spiro atoms. The van der Waals surface area contributed by atoms with E-state index in [0.29, 0.717) is 5.75 Å². The molecule has 0 fully saturated rings. The number of anilines is 1. The molecule has 4 heteroatoms. The minimum absolute atomic E-state index is 0.589. The Hall–Kier alpha value is -1.32. The summed E-state index contributed by atoms with van der Waals surface area (Å²) in [7, 11) is -0.816. The Labute approximate surface area is 127 Å². The minimum Gasteiger partial charge on any atom is -0.381 e. The second kappa shape index (κ2) is 6.91. The summed E-state index contributed by atoms with van der Waals surface area (Å²) in [4.78, 5) is 0. The molecule has 0 aliphatic rings. The second-order valence-electron chi connectivity index (χ2n) is 4.85. The van der Waals surface area contributed by atoms with Crippen LogP contribution in [0.15, 0.2) is 42.5 Å². The van der Waals surface area contributed by atoms with E-state index in [-0.39, 0.29) is 0 Å². The molecule has 0 saturated carbocycles. The van der Waals surface area contributed by atoms with E-state index in [1.807, 2.05) is 43.3 Å². The first-order chi connectivity index (χ1) is 9.54. The van der Waals surface area contributed by atoms with E-state index in [2.05, 4.69) is 11.4 Å². The molecule has 0 unspecified atom stereocenters. The first kappa shape index (κ1) is 15.1. The molecule has 0 radical (unpaired) electrons. The lowest BCUT2D eigenvalue weighted by atomic mass is 10.1. The van der Waals surface area contributed by atoms with Gasteiger partial charge in [-0.1, -0.05) is 35.9 Å². The highest BCUT2D eigenvalue weighted by atomic mass is 35.5. The van der Waals surface area contributed by atoms with Crippen LogP contribution in [0, 0.1) is 6.92 Å². The average Bonchev–Trinajstić information content (AvgIpc) is 2.40. The fourth-order valence-electron chi connectivity index (χ4n) is 1.96. The molecule has 2 aromatic rings. The third kappa shape index (κ3) is 4.36. The van der Waals surface area contributed by atoms with E-state index < -0.39 is 10.8 Å². The normalized spacial score (nSPS) is 12.2. The summed E-state index contributed by atoms with van der Waals surface area (Å²) in [5, 5.41) is 4.15. The number of hydrogen-bond donors (Lipinski definition) is 1. The number of rotatable bonds is 5. The summed E-state index contributed by atoms with van der Waals surface area (Å²) in [6, 6.07) is 14.1. The van der Waals surface area contributed by atoms with Crippen molar-refractivity contribution < 1.29 is 4.21 Å². The Morgan fingerprint density at radius 1 is 1.15 bits per heavy atom. The van der Waals surface area contributed by atoms with Crippen molar-refractivity contribution in [2.75, 3.05) is 11.6 Å². The van der Waals surface area contributed by atoms with Crippen LogP contribution in [0.5, 0.6) is 0 Å². The predicted molar refractivity (Wildman–Crippen MR) is 87.7 cm³/mol. The van der Waals surface area contributed by atoms with Crippen LogP contribution < -0.4 is 5.32 Å². The summed E-state index contributed by atoms with van der Waals surface area (Å²) >= 11 is 6.12. The molecule has 2 aromatic carbocycles. The van der Waals surface area contributed by atoms with Gasteiger partial charge in [0.1, 0.15) is 0 Å². The first-order valence-electron chi connectivity index (χ1n) is 6.42. The van der Waals surface area contributed by atoms with Crippen LogP contribution in [0.3, 0.4) is 0 Å². The number of hydrogen-bond acceptors (Lipinski definition) is 2. The van der Waals surface area contributed by atoms with E-state index in [9.17, 15) is 4.21 Å². The number of aryl methyl sites for hydroxylation is 1. The van der Waals surface area contributed by atoms with Gasteiger partial charge in [0.25, 0.3) is 0 Å². The number of benzene rings is 2. The topological polar surface area (TPSA) is 29.1 Å². The summed E-state index contributed by atoms with van der Waals surface area (Å²) in [5.41, 5.74) is 4.34. The molecule has 0 bridgehead atoms. The van der Waals surface area contributed by atoms with Crippen LogP contribution in [0.2, 0.25) is 5.02 Å². The van der Waals surface area contributed by atoms with E-state index in [4.69, 9.17) is 11.6 Å². The molecule has 20 heavy (non-hydrogen) atoms. The predicted octanol–water partition coefficient (Wildman–Crippen LogP) is 4.14. The summed E-state index contributed by atoms with van der Waals surface area (Å²) in [6.07, 6.45) is 1.72. The van der Waals surface area contributed by atoms with Crippen LogP contribution in [0.25, 0.3) is 0 Å². The standard InChI is InChI=1S/C16H18ClNOS/c1-12-6-7-13(9-16(12)17)10-18-15-5-3-4-14(8-15)11-20(2)19/h3-9,18H,10-11H2,1-2H3/t20-/m0/s1. The highest BCUT2D eigenvalue weighted by molar-refractivity contribution is 7.83. The van der Waals surface area contributed by atoms with E-state index in [1.54, 1.807) is 6.26 Å². The maximum Gasteiger partial charge on any atom is 0.0483 e. The molecule has 1 atom stereocenters. The zero-order chi connectivity index (χ0) is 14.5. The molecule has 2 nitrogen and oxygen atoms in total. The van der Waals surface area contributed by atoms with E-state index in [1.165, 1.54) is 0 Å². The monoisotopic (exact) mass is 307 g/mol. The lowest BCUT2D eigenvalue weighted by Crippen LogP contribution is -2.00. The molecule has 0 saturated heterocycles. The quantitative estimate of drug-likeness (QED) is 0.899. The molecule has 0 heterocycles. The van der Waals surface area contributed by atoms with Crippen LogP contribution in [-0.2, 0) is 23.1 Å². The molecule has 0 aromatic heterocycles.